The molecule has 0 aliphatic carbocycles. The molecule has 2 nitrogen and oxygen atoms in total. The van der Waals surface area contributed by atoms with Gasteiger partial charge in [0.25, 0.3) is 0 Å². The number of hydrogen-bond acceptors (Lipinski definition) is 1. The van der Waals surface area contributed by atoms with Gasteiger partial charge < -0.3 is 5.11 Å². The Balaban J connectivity index is 0. The maximum absolute atomic E-state index is 9.59. The highest BCUT2D eigenvalue weighted by atomic mass is 31.0. The van der Waals surface area contributed by atoms with Crippen molar-refractivity contribution in [3.63, 3.8) is 0 Å². The monoisotopic (exact) mass is 140 g/mol. The summed E-state index contributed by atoms with van der Waals surface area (Å²) in [6, 6.07) is 0. The third kappa shape index (κ3) is 10.7. The van der Waals surface area contributed by atoms with Crippen LogP contribution in [-0.2, 0) is 4.79 Å². The van der Waals surface area contributed by atoms with Crippen LogP contribution in [0, 0.1) is 0 Å². The van der Waals surface area contributed by atoms with Crippen LogP contribution in [0.4, 0.5) is 0 Å². The van der Waals surface area contributed by atoms with Crippen LogP contribution in [0.25, 0.3) is 0 Å². The third-order valence-corrected chi connectivity index (χ3v) is 0.647. The predicted octanol–water partition coefficient (Wildman–Crippen LogP) is 0.394. The maximum atomic E-state index is 9.59. The minimum Gasteiger partial charge on any atom is -0.481 e. The molecule has 0 rings (SSSR count). The maximum Gasteiger partial charge on any atom is 0.303 e. The molecule has 0 saturated carbocycles. The summed E-state index contributed by atoms with van der Waals surface area (Å²) in [6.07, 6.45) is 0.903. The Morgan fingerprint density at radius 1 is 1.71 bits per heavy atom. The van der Waals surface area contributed by atoms with E-state index in [4.69, 9.17) is 5.11 Å². The van der Waals surface area contributed by atoms with E-state index in [0.29, 0.717) is 6.16 Å². The largest absolute Gasteiger partial charge is 0.481 e. The first-order valence-corrected chi connectivity index (χ1v) is 2.51. The van der Waals surface area contributed by atoms with Gasteiger partial charge in [0.05, 0.1) is 0 Å². The van der Waals surface area contributed by atoms with Crippen molar-refractivity contribution in [2.24, 2.45) is 0 Å². The fraction of sp³-hybridized carbons (Fsp3) is 0.667. The van der Waals surface area contributed by atoms with Crippen molar-refractivity contribution in [2.75, 3.05) is 6.16 Å². The summed E-state index contributed by atoms with van der Waals surface area (Å²) in [5, 5.41) is 7.90. The first-order valence-electron chi connectivity index (χ1n) is 1.69. The molecule has 0 radical (unpaired) electrons. The summed E-state index contributed by atoms with van der Waals surface area (Å²) in [4.78, 5) is 9.59. The summed E-state index contributed by atoms with van der Waals surface area (Å²) in [5.74, 6) is -0.731. The number of carboxylic acid groups (broad SMARTS) is 1. The molecule has 0 amide bonds. The van der Waals surface area contributed by atoms with E-state index in [0.717, 1.165) is 0 Å². The van der Waals surface area contributed by atoms with Crippen LogP contribution in [0.1, 0.15) is 6.42 Å². The fourth-order valence-corrected chi connectivity index (χ4v) is 0.370. The molecule has 2 unspecified atom stereocenters. The lowest BCUT2D eigenvalue weighted by atomic mass is 10.5. The van der Waals surface area contributed by atoms with Crippen molar-refractivity contribution in [3.8, 4) is 0 Å². The van der Waals surface area contributed by atoms with Gasteiger partial charge in [-0.1, -0.05) is 0 Å². The zero-order valence-corrected chi connectivity index (χ0v) is 6.62. The van der Waals surface area contributed by atoms with Gasteiger partial charge >= 0.3 is 5.97 Å². The van der Waals surface area contributed by atoms with Crippen molar-refractivity contribution in [1.29, 1.82) is 0 Å². The second-order valence-corrected chi connectivity index (χ2v) is 1.51. The van der Waals surface area contributed by atoms with E-state index in [1.54, 1.807) is 0 Å². The molecule has 2 atom stereocenters. The van der Waals surface area contributed by atoms with Gasteiger partial charge in [-0.05, 0) is 6.16 Å². The van der Waals surface area contributed by atoms with Gasteiger partial charge in [0.1, 0.15) is 0 Å². The van der Waals surface area contributed by atoms with Gasteiger partial charge in [-0.15, -0.1) is 9.24 Å². The molecule has 0 aromatic rings. The molecule has 0 aliphatic rings. The lowest BCUT2D eigenvalue weighted by molar-refractivity contribution is -0.136. The van der Waals surface area contributed by atoms with E-state index in [1.807, 2.05) is 0 Å². The van der Waals surface area contributed by atoms with Crippen molar-refractivity contribution >= 4 is 25.1 Å². The lowest BCUT2D eigenvalue weighted by Crippen LogP contribution is -1.92. The highest BCUT2D eigenvalue weighted by molar-refractivity contribution is 7.16. The van der Waals surface area contributed by atoms with Gasteiger partial charge in [-0.3, -0.25) is 4.79 Å². The van der Waals surface area contributed by atoms with E-state index in [1.165, 1.54) is 0 Å². The lowest BCUT2D eigenvalue weighted by Gasteiger charge is -1.79. The highest BCUT2D eigenvalue weighted by Gasteiger charge is 1.87. The average Bonchev–Trinajstić information content (AvgIpc) is 1.35. The van der Waals surface area contributed by atoms with Crippen LogP contribution in [-0.4, -0.2) is 17.2 Å². The smallest absolute Gasteiger partial charge is 0.303 e. The molecular weight excluding hydrogens is 130 g/mol. The standard InChI is InChI=1S/C3H7O2P.H3P/c4-3(5)1-2-6;/h1-2,6H2,(H,4,5);1H3. The Labute approximate surface area is 48.5 Å². The molecule has 0 fully saturated rings. The Kier molecular flexibility index (Phi) is 9.35. The minimum absolute atomic E-state index is 0. The molecule has 7 heavy (non-hydrogen) atoms. The van der Waals surface area contributed by atoms with Gasteiger partial charge in [0.15, 0.2) is 0 Å². The summed E-state index contributed by atoms with van der Waals surface area (Å²) < 4.78 is 0. The molecule has 0 heterocycles. The highest BCUT2D eigenvalue weighted by Crippen LogP contribution is 1.84. The van der Waals surface area contributed by atoms with Gasteiger partial charge in [0.2, 0.25) is 0 Å². The van der Waals surface area contributed by atoms with Crippen LogP contribution in [0.3, 0.4) is 0 Å². The van der Waals surface area contributed by atoms with E-state index < -0.39 is 5.97 Å². The number of rotatable bonds is 2. The van der Waals surface area contributed by atoms with Crippen molar-refractivity contribution in [3.05, 3.63) is 0 Å². The Morgan fingerprint density at radius 2 is 2.14 bits per heavy atom. The van der Waals surface area contributed by atoms with Crippen LogP contribution in [0.5, 0.6) is 0 Å². The second kappa shape index (κ2) is 6.33. The molecule has 0 saturated heterocycles. The summed E-state index contributed by atoms with van der Waals surface area (Å²) in [7, 11) is 2.34. The van der Waals surface area contributed by atoms with Crippen LogP contribution in [0.15, 0.2) is 0 Å². The van der Waals surface area contributed by atoms with Gasteiger partial charge in [0, 0.05) is 6.42 Å². The predicted molar refractivity (Wildman–Crippen MR) is 37.9 cm³/mol. The second-order valence-electron chi connectivity index (χ2n) is 0.932. The first-order chi connectivity index (χ1) is 2.77. The number of carbonyl (C=O) groups is 1. The summed E-state index contributed by atoms with van der Waals surface area (Å²) >= 11 is 0. The van der Waals surface area contributed by atoms with E-state index in [9.17, 15) is 4.79 Å². The van der Waals surface area contributed by atoms with E-state index >= 15 is 0 Å². The molecule has 0 spiro atoms. The third-order valence-electron chi connectivity index (χ3n) is 0.358. The topological polar surface area (TPSA) is 37.3 Å². The van der Waals surface area contributed by atoms with Gasteiger partial charge in [-0.25, -0.2) is 0 Å². The fourth-order valence-electron chi connectivity index (χ4n) is 0.123. The molecule has 0 aromatic heterocycles. The Bertz CT molecular complexity index is 54.9. The minimum atomic E-state index is -0.731. The average molecular weight is 140 g/mol. The molecule has 1 N–H and O–H groups in total. The Morgan fingerprint density at radius 3 is 2.14 bits per heavy atom. The van der Waals surface area contributed by atoms with E-state index in [-0.39, 0.29) is 16.3 Å². The number of aliphatic carboxylic acids is 1. The van der Waals surface area contributed by atoms with Crippen LogP contribution < -0.4 is 0 Å². The molecule has 4 heteroatoms. The number of hydrogen-bond donors (Lipinski definition) is 1. The van der Waals surface area contributed by atoms with E-state index in [2.05, 4.69) is 9.24 Å². The quantitative estimate of drug-likeness (QED) is 0.563. The first kappa shape index (κ1) is 10.3. The SMILES string of the molecule is O=C(O)CCP.P. The number of carboxylic acids is 1. The van der Waals surface area contributed by atoms with Gasteiger partial charge in [-0.2, -0.15) is 9.90 Å². The summed E-state index contributed by atoms with van der Waals surface area (Å²) in [5.41, 5.74) is 0. The Hall–Kier alpha value is 0.330. The summed E-state index contributed by atoms with van der Waals surface area (Å²) in [6.45, 7) is 0. The molecule has 0 aliphatic heterocycles. The van der Waals surface area contributed by atoms with Crippen molar-refractivity contribution in [2.45, 2.75) is 6.42 Å². The molecule has 0 bridgehead atoms. The zero-order chi connectivity index (χ0) is 4.99. The normalized spacial score (nSPS) is 7.00. The molecule has 44 valence electrons. The molecular formula is C3H10O2P2. The van der Waals surface area contributed by atoms with Crippen molar-refractivity contribution in [1.82, 2.24) is 0 Å². The molecule has 0 aromatic carbocycles. The van der Waals surface area contributed by atoms with Crippen LogP contribution in [0.2, 0.25) is 0 Å². The van der Waals surface area contributed by atoms with Crippen molar-refractivity contribution < 1.29 is 9.90 Å². The van der Waals surface area contributed by atoms with Crippen LogP contribution >= 0.6 is 19.1 Å². The zero-order valence-electron chi connectivity index (χ0n) is 4.05.